The summed E-state index contributed by atoms with van der Waals surface area (Å²) in [5, 5.41) is 2.90. The fourth-order valence-corrected chi connectivity index (χ4v) is 3.74. The average molecular weight is 402 g/mol. The molecule has 4 nitrogen and oxygen atoms in total. The predicted molar refractivity (Wildman–Crippen MR) is 109 cm³/mol. The van der Waals surface area contributed by atoms with E-state index in [-0.39, 0.29) is 12.0 Å². The SMILES string of the molecule is Cc1cc([C@H]2CN(Cc3ccccc3)C[C@@H]2NC(=O)OC(C)(C)C)c(F)cc1F. The van der Waals surface area contributed by atoms with Crippen LogP contribution in [0, 0.1) is 18.6 Å². The molecule has 2 atom stereocenters. The monoisotopic (exact) mass is 402 g/mol. The second-order valence-electron chi connectivity index (χ2n) is 8.66. The lowest BCUT2D eigenvalue weighted by atomic mass is 9.92. The van der Waals surface area contributed by atoms with Gasteiger partial charge in [0.25, 0.3) is 0 Å². The first-order chi connectivity index (χ1) is 13.6. The van der Waals surface area contributed by atoms with E-state index in [2.05, 4.69) is 10.2 Å². The molecule has 0 unspecified atom stereocenters. The molecule has 2 aromatic carbocycles. The second kappa shape index (κ2) is 8.49. The molecule has 0 radical (unpaired) electrons. The zero-order valence-corrected chi connectivity index (χ0v) is 17.3. The van der Waals surface area contributed by atoms with E-state index < -0.39 is 23.3 Å². The van der Waals surface area contributed by atoms with Crippen molar-refractivity contribution in [1.82, 2.24) is 10.2 Å². The molecule has 1 saturated heterocycles. The van der Waals surface area contributed by atoms with Crippen LogP contribution in [0.15, 0.2) is 42.5 Å². The van der Waals surface area contributed by atoms with E-state index in [4.69, 9.17) is 4.74 Å². The van der Waals surface area contributed by atoms with Crippen LogP contribution in [0.3, 0.4) is 0 Å². The van der Waals surface area contributed by atoms with E-state index in [1.54, 1.807) is 33.8 Å². The molecule has 1 aliphatic rings. The number of hydrogen-bond donors (Lipinski definition) is 1. The highest BCUT2D eigenvalue weighted by Crippen LogP contribution is 2.32. The number of amides is 1. The van der Waals surface area contributed by atoms with Gasteiger partial charge in [-0.2, -0.15) is 0 Å². The molecule has 3 rings (SSSR count). The average Bonchev–Trinajstić information content (AvgIpc) is 2.99. The third-order valence-electron chi connectivity index (χ3n) is 5.02. The number of rotatable bonds is 4. The van der Waals surface area contributed by atoms with Gasteiger partial charge in [0.2, 0.25) is 0 Å². The molecule has 1 aliphatic heterocycles. The Labute approximate surface area is 170 Å². The van der Waals surface area contributed by atoms with Gasteiger partial charge in [-0.25, -0.2) is 13.6 Å². The highest BCUT2D eigenvalue weighted by atomic mass is 19.1. The van der Waals surface area contributed by atoms with Crippen molar-refractivity contribution < 1.29 is 18.3 Å². The topological polar surface area (TPSA) is 41.6 Å². The van der Waals surface area contributed by atoms with E-state index in [1.807, 2.05) is 30.3 Å². The molecule has 0 spiro atoms. The van der Waals surface area contributed by atoms with Gasteiger partial charge in [0.1, 0.15) is 17.2 Å². The lowest BCUT2D eigenvalue weighted by molar-refractivity contribution is 0.0502. The van der Waals surface area contributed by atoms with Gasteiger partial charge in [0, 0.05) is 31.6 Å². The van der Waals surface area contributed by atoms with E-state index in [0.29, 0.717) is 30.8 Å². The number of ether oxygens (including phenoxy) is 1. The fraction of sp³-hybridized carbons (Fsp3) is 0.435. The number of hydrogen-bond acceptors (Lipinski definition) is 3. The number of nitrogens with one attached hydrogen (secondary N) is 1. The molecule has 6 heteroatoms. The van der Waals surface area contributed by atoms with Gasteiger partial charge in [0.15, 0.2) is 0 Å². The Morgan fingerprint density at radius 1 is 1.14 bits per heavy atom. The van der Waals surface area contributed by atoms with E-state index in [9.17, 15) is 13.6 Å². The summed E-state index contributed by atoms with van der Waals surface area (Å²) in [5.74, 6) is -1.46. The number of aryl methyl sites for hydroxylation is 1. The Hall–Kier alpha value is -2.47. The normalized spacial score (nSPS) is 19.9. The first kappa shape index (κ1) is 21.2. The second-order valence-corrected chi connectivity index (χ2v) is 8.66. The summed E-state index contributed by atoms with van der Waals surface area (Å²) in [6.07, 6.45) is -0.534. The Kier molecular flexibility index (Phi) is 6.22. The molecule has 0 aliphatic carbocycles. The van der Waals surface area contributed by atoms with Crippen LogP contribution in [0.2, 0.25) is 0 Å². The summed E-state index contributed by atoms with van der Waals surface area (Å²) < 4.78 is 33.8. The molecule has 156 valence electrons. The van der Waals surface area contributed by atoms with Crippen molar-refractivity contribution in [1.29, 1.82) is 0 Å². The van der Waals surface area contributed by atoms with Crippen LogP contribution in [-0.2, 0) is 11.3 Å². The van der Waals surface area contributed by atoms with Crippen LogP contribution in [0.5, 0.6) is 0 Å². The summed E-state index contributed by atoms with van der Waals surface area (Å²) in [6, 6.07) is 12.1. The first-order valence-corrected chi connectivity index (χ1v) is 9.84. The van der Waals surface area contributed by atoms with Gasteiger partial charge in [-0.3, -0.25) is 4.90 Å². The number of likely N-dealkylation sites (tertiary alicyclic amines) is 1. The van der Waals surface area contributed by atoms with Crippen molar-refractivity contribution in [2.45, 2.75) is 51.8 Å². The Morgan fingerprint density at radius 2 is 1.83 bits per heavy atom. The quantitative estimate of drug-likeness (QED) is 0.801. The van der Waals surface area contributed by atoms with Crippen LogP contribution in [0.4, 0.5) is 13.6 Å². The van der Waals surface area contributed by atoms with Crippen LogP contribution >= 0.6 is 0 Å². The smallest absolute Gasteiger partial charge is 0.407 e. The minimum atomic E-state index is -0.625. The third kappa shape index (κ3) is 5.54. The Bertz CT molecular complexity index is 865. The van der Waals surface area contributed by atoms with Gasteiger partial charge in [-0.05, 0) is 50.5 Å². The minimum absolute atomic E-state index is 0.300. The van der Waals surface area contributed by atoms with E-state index >= 15 is 0 Å². The van der Waals surface area contributed by atoms with Crippen LogP contribution in [0.25, 0.3) is 0 Å². The van der Waals surface area contributed by atoms with Gasteiger partial charge in [-0.15, -0.1) is 0 Å². The molecule has 1 heterocycles. The zero-order valence-electron chi connectivity index (χ0n) is 17.3. The Morgan fingerprint density at radius 3 is 2.48 bits per heavy atom. The predicted octanol–water partition coefficient (Wildman–Crippen LogP) is 4.77. The fourth-order valence-electron chi connectivity index (χ4n) is 3.74. The lowest BCUT2D eigenvalue weighted by Gasteiger charge is -2.24. The molecule has 0 bridgehead atoms. The largest absolute Gasteiger partial charge is 0.444 e. The number of halogens is 2. The maximum absolute atomic E-state index is 14.6. The van der Waals surface area contributed by atoms with Crippen molar-refractivity contribution in [2.24, 2.45) is 0 Å². The third-order valence-corrected chi connectivity index (χ3v) is 5.02. The summed E-state index contributed by atoms with van der Waals surface area (Å²) in [7, 11) is 0. The summed E-state index contributed by atoms with van der Waals surface area (Å²) in [6.45, 7) is 8.79. The first-order valence-electron chi connectivity index (χ1n) is 9.84. The summed E-state index contributed by atoms with van der Waals surface area (Å²) >= 11 is 0. The van der Waals surface area contributed by atoms with Crippen molar-refractivity contribution >= 4 is 6.09 Å². The number of benzene rings is 2. The minimum Gasteiger partial charge on any atom is -0.444 e. The molecule has 1 amide bonds. The van der Waals surface area contributed by atoms with Crippen LogP contribution in [-0.4, -0.2) is 35.7 Å². The number of carbonyl (C=O) groups excluding carboxylic acids is 1. The standard InChI is InChI=1S/C23H28F2N2O2/c1-15-10-17(20(25)11-19(15)24)18-13-27(12-16-8-6-5-7-9-16)14-21(18)26-22(28)29-23(2,3)4/h5-11,18,21H,12-14H2,1-4H3,(H,26,28)/t18-,21+/m1/s1. The maximum atomic E-state index is 14.6. The van der Waals surface area contributed by atoms with Crippen molar-refractivity contribution in [3.63, 3.8) is 0 Å². The van der Waals surface area contributed by atoms with E-state index in [1.165, 1.54) is 0 Å². The van der Waals surface area contributed by atoms with Crippen molar-refractivity contribution in [3.8, 4) is 0 Å². The van der Waals surface area contributed by atoms with Crippen LogP contribution < -0.4 is 5.32 Å². The van der Waals surface area contributed by atoms with Crippen molar-refractivity contribution in [3.05, 3.63) is 70.8 Å². The molecule has 1 fully saturated rings. The van der Waals surface area contributed by atoms with Crippen LogP contribution in [0.1, 0.15) is 43.4 Å². The molecular weight excluding hydrogens is 374 g/mol. The lowest BCUT2D eigenvalue weighted by Crippen LogP contribution is -2.42. The van der Waals surface area contributed by atoms with Gasteiger partial charge >= 0.3 is 6.09 Å². The summed E-state index contributed by atoms with van der Waals surface area (Å²) in [4.78, 5) is 14.5. The highest BCUT2D eigenvalue weighted by Gasteiger charge is 2.37. The number of nitrogens with zero attached hydrogens (tertiary/aromatic N) is 1. The van der Waals surface area contributed by atoms with Gasteiger partial charge in [0.05, 0.1) is 6.04 Å². The molecule has 0 aromatic heterocycles. The summed E-state index contributed by atoms with van der Waals surface area (Å²) in [5.41, 5.74) is 1.32. The maximum Gasteiger partial charge on any atom is 0.407 e. The molecular formula is C23H28F2N2O2. The highest BCUT2D eigenvalue weighted by molar-refractivity contribution is 5.68. The molecule has 0 saturated carbocycles. The van der Waals surface area contributed by atoms with Gasteiger partial charge in [-0.1, -0.05) is 30.3 Å². The zero-order chi connectivity index (χ0) is 21.2. The molecule has 1 N–H and O–H groups in total. The van der Waals surface area contributed by atoms with Crippen molar-refractivity contribution in [2.75, 3.05) is 13.1 Å². The molecule has 29 heavy (non-hydrogen) atoms. The van der Waals surface area contributed by atoms with E-state index in [0.717, 1.165) is 11.6 Å². The number of alkyl carbamates (subject to hydrolysis) is 1. The van der Waals surface area contributed by atoms with Gasteiger partial charge < -0.3 is 10.1 Å². The Balaban J connectivity index is 1.83. The molecule has 2 aromatic rings. The number of carbonyl (C=O) groups is 1.